The summed E-state index contributed by atoms with van der Waals surface area (Å²) < 4.78 is 0.993. The molecule has 1 unspecified atom stereocenters. The third kappa shape index (κ3) is 1.53. The first-order chi connectivity index (χ1) is 6.61. The molecular formula is C12H15IO. The standard InChI is InChI=1S/C12H15IO/c1-7-4-3-5-9-8(2)12(14)11(13)6-10(7)9/h6-7,14H,3-5H2,1-2H3. The first-order valence-electron chi connectivity index (χ1n) is 5.12. The van der Waals surface area contributed by atoms with E-state index in [4.69, 9.17) is 0 Å². The number of fused-ring (bicyclic) bond motifs is 1. The van der Waals surface area contributed by atoms with E-state index in [9.17, 15) is 5.11 Å². The summed E-state index contributed by atoms with van der Waals surface area (Å²) >= 11 is 2.22. The molecule has 2 heteroatoms. The van der Waals surface area contributed by atoms with Crippen molar-refractivity contribution in [1.29, 1.82) is 0 Å². The molecule has 0 fully saturated rings. The van der Waals surface area contributed by atoms with Gasteiger partial charge in [0.25, 0.3) is 0 Å². The molecule has 1 nitrogen and oxygen atoms in total. The molecule has 0 saturated heterocycles. The summed E-state index contributed by atoms with van der Waals surface area (Å²) in [5.41, 5.74) is 3.94. The third-order valence-electron chi connectivity index (χ3n) is 3.26. The van der Waals surface area contributed by atoms with Gasteiger partial charge in [-0.1, -0.05) is 6.92 Å². The third-order valence-corrected chi connectivity index (χ3v) is 4.08. The molecule has 0 saturated carbocycles. The number of rotatable bonds is 0. The second kappa shape index (κ2) is 3.72. The van der Waals surface area contributed by atoms with Gasteiger partial charge in [0.05, 0.1) is 3.57 Å². The van der Waals surface area contributed by atoms with Gasteiger partial charge in [-0.3, -0.25) is 0 Å². The van der Waals surface area contributed by atoms with Crippen molar-refractivity contribution < 1.29 is 5.11 Å². The lowest BCUT2D eigenvalue weighted by Crippen LogP contribution is -2.09. The summed E-state index contributed by atoms with van der Waals surface area (Å²) in [7, 11) is 0. The van der Waals surface area contributed by atoms with E-state index >= 15 is 0 Å². The molecule has 1 N–H and O–H groups in total. The maximum Gasteiger partial charge on any atom is 0.132 e. The van der Waals surface area contributed by atoms with E-state index < -0.39 is 0 Å². The number of benzene rings is 1. The highest BCUT2D eigenvalue weighted by Gasteiger charge is 2.20. The number of hydrogen-bond acceptors (Lipinski definition) is 1. The fraction of sp³-hybridized carbons (Fsp3) is 0.500. The molecule has 1 aromatic rings. The highest BCUT2D eigenvalue weighted by atomic mass is 127. The lowest BCUT2D eigenvalue weighted by atomic mass is 9.82. The second-order valence-corrected chi connectivity index (χ2v) is 5.36. The van der Waals surface area contributed by atoms with Crippen molar-refractivity contribution in [2.45, 2.75) is 39.0 Å². The molecule has 0 amide bonds. The summed E-state index contributed by atoms with van der Waals surface area (Å²) in [6.07, 6.45) is 3.68. The van der Waals surface area contributed by atoms with Crippen LogP contribution in [0.5, 0.6) is 5.75 Å². The Hall–Kier alpha value is -0.250. The molecule has 76 valence electrons. The predicted molar refractivity (Wildman–Crippen MR) is 66.9 cm³/mol. The van der Waals surface area contributed by atoms with E-state index in [0.29, 0.717) is 11.7 Å². The number of phenolic OH excluding ortho intramolecular Hbond substituents is 1. The van der Waals surface area contributed by atoms with Crippen LogP contribution in [0.4, 0.5) is 0 Å². The molecule has 0 aromatic heterocycles. The van der Waals surface area contributed by atoms with Gasteiger partial charge in [0.1, 0.15) is 5.75 Å². The van der Waals surface area contributed by atoms with Crippen molar-refractivity contribution in [1.82, 2.24) is 0 Å². The minimum Gasteiger partial charge on any atom is -0.507 e. The zero-order valence-electron chi connectivity index (χ0n) is 8.60. The molecule has 1 aliphatic rings. The van der Waals surface area contributed by atoms with Crippen molar-refractivity contribution in [3.05, 3.63) is 26.3 Å². The monoisotopic (exact) mass is 302 g/mol. The summed E-state index contributed by atoms with van der Waals surface area (Å²) in [5.74, 6) is 1.14. The fourth-order valence-corrected chi connectivity index (χ4v) is 3.08. The zero-order chi connectivity index (χ0) is 10.3. The predicted octanol–water partition coefficient (Wildman–Crippen LogP) is 3.75. The SMILES string of the molecule is Cc1c(O)c(I)cc2c1CCCC2C. The first kappa shape index (κ1) is 10.3. The van der Waals surface area contributed by atoms with E-state index in [1.54, 1.807) is 0 Å². The van der Waals surface area contributed by atoms with Gasteiger partial charge in [0, 0.05) is 0 Å². The Bertz CT molecular complexity index is 371. The van der Waals surface area contributed by atoms with E-state index in [2.05, 4.69) is 35.6 Å². The van der Waals surface area contributed by atoms with Crippen LogP contribution in [-0.2, 0) is 6.42 Å². The van der Waals surface area contributed by atoms with Gasteiger partial charge in [0.15, 0.2) is 0 Å². The number of aromatic hydroxyl groups is 1. The van der Waals surface area contributed by atoms with Crippen molar-refractivity contribution in [2.24, 2.45) is 0 Å². The molecule has 0 spiro atoms. The Kier molecular flexibility index (Phi) is 2.73. The summed E-state index contributed by atoms with van der Waals surface area (Å²) in [6.45, 7) is 4.32. The molecule has 0 bridgehead atoms. The summed E-state index contributed by atoms with van der Waals surface area (Å²) in [4.78, 5) is 0. The number of hydrogen-bond donors (Lipinski definition) is 1. The van der Waals surface area contributed by atoms with Crippen LogP contribution in [0.1, 0.15) is 42.4 Å². The van der Waals surface area contributed by atoms with Crippen molar-refractivity contribution >= 4 is 22.6 Å². The Morgan fingerprint density at radius 2 is 2.21 bits per heavy atom. The second-order valence-electron chi connectivity index (χ2n) is 4.19. The zero-order valence-corrected chi connectivity index (χ0v) is 10.8. The van der Waals surface area contributed by atoms with Crippen LogP contribution in [0.15, 0.2) is 6.07 Å². The molecule has 2 rings (SSSR count). The minimum atomic E-state index is 0.485. The van der Waals surface area contributed by atoms with Crippen LogP contribution in [0.3, 0.4) is 0 Å². The topological polar surface area (TPSA) is 20.2 Å². The first-order valence-corrected chi connectivity index (χ1v) is 6.20. The van der Waals surface area contributed by atoms with Gasteiger partial charge < -0.3 is 5.11 Å². The molecule has 0 heterocycles. The van der Waals surface area contributed by atoms with E-state index in [0.717, 1.165) is 15.6 Å². The van der Waals surface area contributed by atoms with Crippen LogP contribution < -0.4 is 0 Å². The Morgan fingerprint density at radius 1 is 1.50 bits per heavy atom. The minimum absolute atomic E-state index is 0.485. The number of halogens is 1. The van der Waals surface area contributed by atoms with E-state index in [1.807, 2.05) is 6.92 Å². The Labute approximate surface area is 98.7 Å². The average Bonchev–Trinajstić information content (AvgIpc) is 2.17. The van der Waals surface area contributed by atoms with Gasteiger partial charge in [-0.05, 0) is 77.5 Å². The summed E-state index contributed by atoms with van der Waals surface area (Å²) in [6, 6.07) is 2.15. The lowest BCUT2D eigenvalue weighted by molar-refractivity contribution is 0.463. The van der Waals surface area contributed by atoms with Crippen LogP contribution in [0.25, 0.3) is 0 Å². The fourth-order valence-electron chi connectivity index (χ4n) is 2.34. The summed E-state index contributed by atoms with van der Waals surface area (Å²) in [5, 5.41) is 9.84. The van der Waals surface area contributed by atoms with Gasteiger partial charge in [0.2, 0.25) is 0 Å². The molecule has 1 aliphatic carbocycles. The van der Waals surface area contributed by atoms with Crippen LogP contribution in [0, 0.1) is 10.5 Å². The smallest absolute Gasteiger partial charge is 0.132 e. The molecular weight excluding hydrogens is 287 g/mol. The molecule has 0 radical (unpaired) electrons. The van der Waals surface area contributed by atoms with Crippen LogP contribution in [0.2, 0.25) is 0 Å². The van der Waals surface area contributed by atoms with Gasteiger partial charge in [-0.15, -0.1) is 0 Å². The number of phenols is 1. The van der Waals surface area contributed by atoms with E-state index in [-0.39, 0.29) is 0 Å². The normalized spacial score (nSPS) is 20.6. The Morgan fingerprint density at radius 3 is 2.93 bits per heavy atom. The van der Waals surface area contributed by atoms with Gasteiger partial charge in [-0.2, -0.15) is 0 Å². The molecule has 1 atom stereocenters. The molecule has 0 aliphatic heterocycles. The van der Waals surface area contributed by atoms with Crippen molar-refractivity contribution in [3.8, 4) is 5.75 Å². The Balaban J connectivity index is 2.63. The van der Waals surface area contributed by atoms with Crippen molar-refractivity contribution in [3.63, 3.8) is 0 Å². The van der Waals surface area contributed by atoms with Gasteiger partial charge >= 0.3 is 0 Å². The maximum absolute atomic E-state index is 9.84. The lowest BCUT2D eigenvalue weighted by Gasteiger charge is -2.25. The highest BCUT2D eigenvalue weighted by Crippen LogP contribution is 2.38. The quantitative estimate of drug-likeness (QED) is 0.724. The molecule has 14 heavy (non-hydrogen) atoms. The van der Waals surface area contributed by atoms with Gasteiger partial charge in [-0.25, -0.2) is 0 Å². The maximum atomic E-state index is 9.84. The molecule has 1 aromatic carbocycles. The average molecular weight is 302 g/mol. The van der Waals surface area contributed by atoms with Crippen LogP contribution in [-0.4, -0.2) is 5.11 Å². The highest BCUT2D eigenvalue weighted by molar-refractivity contribution is 14.1. The van der Waals surface area contributed by atoms with Crippen molar-refractivity contribution in [2.75, 3.05) is 0 Å². The largest absolute Gasteiger partial charge is 0.507 e. The van der Waals surface area contributed by atoms with Crippen LogP contribution >= 0.6 is 22.6 Å². The van der Waals surface area contributed by atoms with E-state index in [1.165, 1.54) is 24.0 Å².